The van der Waals surface area contributed by atoms with Crippen molar-refractivity contribution in [1.82, 2.24) is 9.71 Å². The van der Waals surface area contributed by atoms with Crippen LogP contribution in [0.5, 0.6) is 0 Å². The van der Waals surface area contributed by atoms with Crippen LogP contribution in [0.3, 0.4) is 0 Å². The third kappa shape index (κ3) is 2.55. The van der Waals surface area contributed by atoms with Gasteiger partial charge in [0.25, 0.3) is 3.79 Å². The van der Waals surface area contributed by atoms with Crippen molar-refractivity contribution in [2.24, 2.45) is 0 Å². The van der Waals surface area contributed by atoms with E-state index in [0.29, 0.717) is 0 Å². The van der Waals surface area contributed by atoms with Crippen LogP contribution in [0.4, 0.5) is 0 Å². The normalized spacial score (nSPS) is 11.2. The number of hydrogen-bond acceptors (Lipinski definition) is 3. The molecule has 0 amide bonds. The summed E-state index contributed by atoms with van der Waals surface area (Å²) in [7, 11) is 0. The summed E-state index contributed by atoms with van der Waals surface area (Å²) in [5.41, 5.74) is 0. The highest BCUT2D eigenvalue weighted by Gasteiger charge is 2.33. The summed E-state index contributed by atoms with van der Waals surface area (Å²) in [4.78, 5) is 19.0. The maximum absolute atomic E-state index is 10.9. The van der Waals surface area contributed by atoms with Crippen molar-refractivity contribution in [2.75, 3.05) is 0 Å². The lowest BCUT2D eigenvalue weighted by molar-refractivity contribution is -0.143. The molecular formula is C5H3Cl3N2O2. The summed E-state index contributed by atoms with van der Waals surface area (Å²) in [6.45, 7) is 0. The Labute approximate surface area is 82.9 Å². The van der Waals surface area contributed by atoms with Crippen molar-refractivity contribution < 1.29 is 9.63 Å². The van der Waals surface area contributed by atoms with E-state index in [2.05, 4.69) is 9.82 Å². The highest BCUT2D eigenvalue weighted by molar-refractivity contribution is 6.75. The Morgan fingerprint density at radius 3 is 2.58 bits per heavy atom. The monoisotopic (exact) mass is 228 g/mol. The minimum Gasteiger partial charge on any atom is -0.331 e. The Morgan fingerprint density at radius 2 is 2.17 bits per heavy atom. The molecule has 1 aromatic heterocycles. The molecule has 1 rings (SSSR count). The summed E-state index contributed by atoms with van der Waals surface area (Å²) in [6, 6.07) is 0. The minimum atomic E-state index is -2.07. The maximum atomic E-state index is 10.9. The van der Waals surface area contributed by atoms with E-state index in [1.807, 2.05) is 0 Å². The van der Waals surface area contributed by atoms with E-state index in [1.54, 1.807) is 0 Å². The first-order valence-electron chi connectivity index (χ1n) is 2.77. The second-order valence-electron chi connectivity index (χ2n) is 1.80. The second kappa shape index (κ2) is 3.51. The molecule has 0 bridgehead atoms. The topological polar surface area (TPSA) is 44.1 Å². The SMILES string of the molecule is O=C(On1ccnc1)C(Cl)(Cl)Cl. The van der Waals surface area contributed by atoms with Gasteiger partial charge in [-0.05, 0) is 0 Å². The van der Waals surface area contributed by atoms with Crippen LogP contribution in [0.1, 0.15) is 0 Å². The van der Waals surface area contributed by atoms with Gasteiger partial charge in [0, 0.05) is 6.20 Å². The summed E-state index contributed by atoms with van der Waals surface area (Å²) < 4.78 is -1.03. The number of carbonyl (C=O) groups excluding carboxylic acids is 1. The molecule has 7 heteroatoms. The zero-order valence-electron chi connectivity index (χ0n) is 5.58. The molecule has 0 atom stereocenters. The fourth-order valence-corrected chi connectivity index (χ4v) is 0.552. The van der Waals surface area contributed by atoms with Gasteiger partial charge in [-0.2, -0.15) is 4.73 Å². The van der Waals surface area contributed by atoms with E-state index in [4.69, 9.17) is 34.8 Å². The first-order valence-corrected chi connectivity index (χ1v) is 3.91. The summed E-state index contributed by atoms with van der Waals surface area (Å²) in [5, 5.41) is 0. The van der Waals surface area contributed by atoms with Gasteiger partial charge in [0.1, 0.15) is 6.33 Å². The molecule has 0 saturated heterocycles. The van der Waals surface area contributed by atoms with E-state index in [-0.39, 0.29) is 0 Å². The molecule has 12 heavy (non-hydrogen) atoms. The average Bonchev–Trinajstić information content (AvgIpc) is 2.37. The zero-order valence-corrected chi connectivity index (χ0v) is 7.84. The van der Waals surface area contributed by atoms with Crippen LogP contribution >= 0.6 is 34.8 Å². The molecule has 0 aliphatic carbocycles. The summed E-state index contributed by atoms with van der Waals surface area (Å²) >= 11 is 15.7. The Balaban J connectivity index is 2.60. The van der Waals surface area contributed by atoms with Gasteiger partial charge in [-0.25, -0.2) is 9.78 Å². The lowest BCUT2D eigenvalue weighted by atomic mass is 10.8. The van der Waals surface area contributed by atoms with Gasteiger partial charge in [-0.15, -0.1) is 0 Å². The second-order valence-corrected chi connectivity index (χ2v) is 4.08. The van der Waals surface area contributed by atoms with E-state index >= 15 is 0 Å². The highest BCUT2D eigenvalue weighted by Crippen LogP contribution is 2.26. The Hall–Kier alpha value is -0.450. The Kier molecular flexibility index (Phi) is 2.82. The van der Waals surface area contributed by atoms with Crippen LogP contribution in [0.15, 0.2) is 18.7 Å². The molecule has 0 aliphatic rings. The zero-order chi connectivity index (χ0) is 9.19. The number of aromatic nitrogens is 2. The highest BCUT2D eigenvalue weighted by atomic mass is 35.6. The van der Waals surface area contributed by atoms with Crippen molar-refractivity contribution in [3.8, 4) is 0 Å². The van der Waals surface area contributed by atoms with Crippen molar-refractivity contribution in [3.05, 3.63) is 18.7 Å². The molecule has 0 saturated carbocycles. The van der Waals surface area contributed by atoms with Crippen molar-refractivity contribution in [2.45, 2.75) is 3.79 Å². The summed E-state index contributed by atoms with van der Waals surface area (Å²) in [5.74, 6) is -0.981. The predicted molar refractivity (Wildman–Crippen MR) is 44.1 cm³/mol. The molecule has 1 heterocycles. The maximum Gasteiger partial charge on any atom is 0.383 e. The van der Waals surface area contributed by atoms with Crippen LogP contribution in [0, 0.1) is 0 Å². The number of imidazole rings is 1. The molecule has 0 aliphatic heterocycles. The molecule has 1 aromatic rings. The molecule has 0 spiro atoms. The third-order valence-corrected chi connectivity index (χ3v) is 1.36. The van der Waals surface area contributed by atoms with Gasteiger partial charge >= 0.3 is 5.97 Å². The van der Waals surface area contributed by atoms with E-state index in [0.717, 1.165) is 4.73 Å². The molecule has 4 nitrogen and oxygen atoms in total. The van der Waals surface area contributed by atoms with E-state index < -0.39 is 9.76 Å². The lowest BCUT2D eigenvalue weighted by Gasteiger charge is -2.08. The van der Waals surface area contributed by atoms with Crippen molar-refractivity contribution in [3.63, 3.8) is 0 Å². The van der Waals surface area contributed by atoms with Crippen molar-refractivity contribution >= 4 is 40.8 Å². The molecular weight excluding hydrogens is 226 g/mol. The summed E-state index contributed by atoms with van der Waals surface area (Å²) in [6.07, 6.45) is 4.08. The van der Waals surface area contributed by atoms with Crippen LogP contribution in [0.2, 0.25) is 0 Å². The van der Waals surface area contributed by atoms with Crippen molar-refractivity contribution in [1.29, 1.82) is 0 Å². The molecule has 0 unspecified atom stereocenters. The van der Waals surface area contributed by atoms with Gasteiger partial charge < -0.3 is 4.84 Å². The number of halogens is 3. The standard InChI is InChI=1S/C5H3Cl3N2O2/c6-5(7,8)4(11)12-10-2-1-9-3-10/h1-3H. The Bertz CT molecular complexity index is 267. The largest absolute Gasteiger partial charge is 0.383 e. The van der Waals surface area contributed by atoms with E-state index in [1.165, 1.54) is 18.7 Å². The first kappa shape index (κ1) is 9.64. The van der Waals surface area contributed by atoms with E-state index in [9.17, 15) is 4.79 Å². The molecule has 0 radical (unpaired) electrons. The van der Waals surface area contributed by atoms with Crippen LogP contribution < -0.4 is 4.84 Å². The molecule has 0 aromatic carbocycles. The number of nitrogens with zero attached hydrogens (tertiary/aromatic N) is 2. The first-order chi connectivity index (χ1) is 5.50. The number of alkyl halides is 3. The average molecular weight is 229 g/mol. The Morgan fingerprint density at radius 1 is 1.50 bits per heavy atom. The van der Waals surface area contributed by atoms with Gasteiger partial charge in [-0.1, -0.05) is 34.8 Å². The molecule has 66 valence electrons. The third-order valence-electron chi connectivity index (χ3n) is 0.900. The molecule has 0 N–H and O–H groups in total. The minimum absolute atomic E-state index is 0.981. The number of hydrogen-bond donors (Lipinski definition) is 0. The smallest absolute Gasteiger partial charge is 0.331 e. The fraction of sp³-hybridized carbons (Fsp3) is 0.200. The van der Waals surface area contributed by atoms with Crippen LogP contribution in [-0.4, -0.2) is 19.5 Å². The van der Waals surface area contributed by atoms with Crippen LogP contribution in [0.25, 0.3) is 0 Å². The quantitative estimate of drug-likeness (QED) is 0.680. The number of carbonyl (C=O) groups is 1. The predicted octanol–water partition coefficient (Wildman–Crippen LogP) is 1.21. The molecule has 0 fully saturated rings. The fourth-order valence-electron chi connectivity index (χ4n) is 0.448. The van der Waals surface area contributed by atoms with Gasteiger partial charge in [0.15, 0.2) is 0 Å². The van der Waals surface area contributed by atoms with Gasteiger partial charge in [0.2, 0.25) is 0 Å². The lowest BCUT2D eigenvalue weighted by Crippen LogP contribution is -2.30. The van der Waals surface area contributed by atoms with Crippen LogP contribution in [-0.2, 0) is 4.79 Å². The van der Waals surface area contributed by atoms with Gasteiger partial charge in [-0.3, -0.25) is 0 Å². The number of rotatable bonds is 1. The van der Waals surface area contributed by atoms with Gasteiger partial charge in [0.05, 0.1) is 6.20 Å².